The number of amidine groups is 1. The molecule has 1 amide bonds. The molecule has 1 aliphatic heterocycles. The lowest BCUT2D eigenvalue weighted by atomic mass is 10.1. The molecular formula is C20H18N2O5S. The number of carbonyl (C=O) groups excluding carboxylic acids is 1. The van der Waals surface area contributed by atoms with Gasteiger partial charge in [0.25, 0.3) is 5.91 Å². The minimum Gasteiger partial charge on any atom is -0.497 e. The third kappa shape index (κ3) is 4.17. The fourth-order valence-corrected chi connectivity index (χ4v) is 3.36. The summed E-state index contributed by atoms with van der Waals surface area (Å²) in [7, 11) is 3.11. The van der Waals surface area contributed by atoms with E-state index in [1.54, 1.807) is 44.6 Å². The summed E-state index contributed by atoms with van der Waals surface area (Å²) >= 11 is 1.18. The number of carboxylic acid groups (broad SMARTS) is 1. The van der Waals surface area contributed by atoms with E-state index >= 15 is 0 Å². The van der Waals surface area contributed by atoms with Crippen LogP contribution in [0.2, 0.25) is 0 Å². The van der Waals surface area contributed by atoms with E-state index < -0.39 is 5.97 Å². The van der Waals surface area contributed by atoms with Gasteiger partial charge in [-0.05, 0) is 54.6 Å². The highest BCUT2D eigenvalue weighted by Gasteiger charge is 2.24. The molecule has 1 fully saturated rings. The molecule has 3 rings (SSSR count). The van der Waals surface area contributed by atoms with Gasteiger partial charge in [-0.3, -0.25) is 4.79 Å². The predicted octanol–water partition coefficient (Wildman–Crippen LogP) is 3.60. The van der Waals surface area contributed by atoms with Gasteiger partial charge in [0.1, 0.15) is 11.5 Å². The van der Waals surface area contributed by atoms with E-state index in [1.807, 2.05) is 6.92 Å². The Morgan fingerprint density at radius 1 is 1.18 bits per heavy atom. The average molecular weight is 398 g/mol. The quantitative estimate of drug-likeness (QED) is 0.747. The zero-order chi connectivity index (χ0) is 20.3. The molecule has 0 aliphatic carbocycles. The van der Waals surface area contributed by atoms with Gasteiger partial charge in [0.05, 0.1) is 30.4 Å². The number of aryl methyl sites for hydroxylation is 1. The van der Waals surface area contributed by atoms with E-state index in [0.29, 0.717) is 27.3 Å². The molecule has 28 heavy (non-hydrogen) atoms. The van der Waals surface area contributed by atoms with Crippen LogP contribution in [0.5, 0.6) is 11.5 Å². The average Bonchev–Trinajstić information content (AvgIpc) is 3.02. The number of methoxy groups -OCH3 is 2. The monoisotopic (exact) mass is 398 g/mol. The Kier molecular flexibility index (Phi) is 5.70. The topological polar surface area (TPSA) is 97.2 Å². The van der Waals surface area contributed by atoms with Crippen LogP contribution in [0.25, 0.3) is 6.08 Å². The van der Waals surface area contributed by atoms with Gasteiger partial charge < -0.3 is 19.9 Å². The number of rotatable bonds is 5. The third-order valence-electron chi connectivity index (χ3n) is 4.06. The molecule has 0 atom stereocenters. The number of nitrogens with one attached hydrogen (secondary N) is 1. The summed E-state index contributed by atoms with van der Waals surface area (Å²) in [5.41, 5.74) is 2.16. The van der Waals surface area contributed by atoms with E-state index in [9.17, 15) is 9.59 Å². The molecule has 144 valence electrons. The van der Waals surface area contributed by atoms with E-state index in [1.165, 1.54) is 23.9 Å². The summed E-state index contributed by atoms with van der Waals surface area (Å²) in [6.45, 7) is 1.82. The van der Waals surface area contributed by atoms with Gasteiger partial charge in [-0.25, -0.2) is 9.79 Å². The van der Waals surface area contributed by atoms with Crippen molar-refractivity contribution in [1.29, 1.82) is 0 Å². The lowest BCUT2D eigenvalue weighted by Crippen LogP contribution is -2.19. The third-order valence-corrected chi connectivity index (χ3v) is 4.97. The van der Waals surface area contributed by atoms with Crippen LogP contribution in [0.15, 0.2) is 46.3 Å². The van der Waals surface area contributed by atoms with Gasteiger partial charge in [0.2, 0.25) is 0 Å². The summed E-state index contributed by atoms with van der Waals surface area (Å²) in [5.74, 6) is -0.0837. The van der Waals surface area contributed by atoms with E-state index in [0.717, 1.165) is 11.1 Å². The molecule has 0 radical (unpaired) electrons. The van der Waals surface area contributed by atoms with Crippen LogP contribution < -0.4 is 14.8 Å². The summed E-state index contributed by atoms with van der Waals surface area (Å²) in [6.07, 6.45) is 1.71. The summed E-state index contributed by atoms with van der Waals surface area (Å²) in [4.78, 5) is 28.3. The molecule has 2 aromatic rings. The second-order valence-corrected chi connectivity index (χ2v) is 6.93. The van der Waals surface area contributed by atoms with Gasteiger partial charge >= 0.3 is 5.97 Å². The molecule has 0 saturated carbocycles. The molecule has 0 unspecified atom stereocenters. The van der Waals surface area contributed by atoms with Crippen molar-refractivity contribution < 1.29 is 24.2 Å². The molecule has 8 heteroatoms. The van der Waals surface area contributed by atoms with Crippen molar-refractivity contribution in [2.75, 3.05) is 14.2 Å². The highest BCUT2D eigenvalue weighted by Crippen LogP contribution is 2.33. The van der Waals surface area contributed by atoms with E-state index in [4.69, 9.17) is 14.6 Å². The van der Waals surface area contributed by atoms with Crippen molar-refractivity contribution in [1.82, 2.24) is 5.32 Å². The zero-order valence-corrected chi connectivity index (χ0v) is 16.3. The fraction of sp³-hybridized carbons (Fsp3) is 0.150. The molecule has 0 aromatic heterocycles. The van der Waals surface area contributed by atoms with Crippen LogP contribution in [0.1, 0.15) is 21.5 Å². The number of aromatic carboxylic acids is 1. The molecule has 2 N–H and O–H groups in total. The van der Waals surface area contributed by atoms with Gasteiger partial charge in [-0.15, -0.1) is 0 Å². The Hall–Kier alpha value is -3.26. The van der Waals surface area contributed by atoms with Crippen LogP contribution in [0.3, 0.4) is 0 Å². The first-order valence-electron chi connectivity index (χ1n) is 8.27. The number of carbonyl (C=O) groups is 2. The molecule has 1 heterocycles. The second kappa shape index (κ2) is 8.18. The zero-order valence-electron chi connectivity index (χ0n) is 15.5. The van der Waals surface area contributed by atoms with Crippen molar-refractivity contribution >= 4 is 40.6 Å². The van der Waals surface area contributed by atoms with E-state index in [2.05, 4.69) is 10.3 Å². The molecule has 2 aromatic carbocycles. The number of aliphatic imine (C=N–C) groups is 1. The first kappa shape index (κ1) is 19.5. The van der Waals surface area contributed by atoms with Crippen LogP contribution in [-0.2, 0) is 4.79 Å². The summed E-state index contributed by atoms with van der Waals surface area (Å²) in [6, 6.07) is 9.99. The lowest BCUT2D eigenvalue weighted by Gasteiger charge is -2.07. The van der Waals surface area contributed by atoms with Gasteiger partial charge in [0.15, 0.2) is 5.17 Å². The number of thioether (sulfide) groups is 1. The first-order chi connectivity index (χ1) is 13.4. The maximum Gasteiger partial charge on any atom is 0.335 e. The standard InChI is InChI=1S/C20H18N2O5S/c1-11-4-5-13(19(24)25)8-15(11)21-20-22-18(23)17(28-20)9-12-6-7-14(26-2)10-16(12)27-3/h4-10H,1-3H3,(H,24,25)(H,21,22,23)/b17-9-. The molecule has 1 saturated heterocycles. The molecule has 0 spiro atoms. The Bertz CT molecular complexity index is 1010. The highest BCUT2D eigenvalue weighted by atomic mass is 32.2. The Morgan fingerprint density at radius 3 is 2.64 bits per heavy atom. The number of ether oxygens (including phenoxy) is 2. The predicted molar refractivity (Wildman–Crippen MR) is 108 cm³/mol. The molecular weight excluding hydrogens is 380 g/mol. The normalized spacial score (nSPS) is 16.3. The summed E-state index contributed by atoms with van der Waals surface area (Å²) in [5, 5.41) is 12.2. The van der Waals surface area contributed by atoms with Crippen LogP contribution in [-0.4, -0.2) is 36.4 Å². The van der Waals surface area contributed by atoms with Crippen molar-refractivity contribution in [2.24, 2.45) is 4.99 Å². The van der Waals surface area contributed by atoms with Crippen molar-refractivity contribution in [2.45, 2.75) is 6.92 Å². The number of carboxylic acids is 1. The minimum atomic E-state index is -1.03. The Labute approximate surface area is 166 Å². The van der Waals surface area contributed by atoms with Crippen LogP contribution in [0, 0.1) is 6.92 Å². The molecule has 0 bridgehead atoms. The van der Waals surface area contributed by atoms with Crippen LogP contribution in [0.4, 0.5) is 5.69 Å². The number of amides is 1. The number of hydrogen-bond donors (Lipinski definition) is 2. The number of benzene rings is 2. The largest absolute Gasteiger partial charge is 0.497 e. The number of hydrogen-bond acceptors (Lipinski definition) is 6. The SMILES string of the molecule is COc1ccc(/C=C2\SC(=Nc3cc(C(=O)O)ccc3C)NC2=O)c(OC)c1. The maximum absolute atomic E-state index is 12.3. The summed E-state index contributed by atoms with van der Waals surface area (Å²) < 4.78 is 10.5. The Balaban J connectivity index is 1.90. The minimum absolute atomic E-state index is 0.137. The Morgan fingerprint density at radius 2 is 1.96 bits per heavy atom. The van der Waals surface area contributed by atoms with Crippen LogP contribution >= 0.6 is 11.8 Å². The maximum atomic E-state index is 12.3. The molecule has 7 nitrogen and oxygen atoms in total. The van der Waals surface area contributed by atoms with Crippen molar-refractivity contribution in [3.05, 3.63) is 58.0 Å². The smallest absolute Gasteiger partial charge is 0.335 e. The van der Waals surface area contributed by atoms with Crippen molar-refractivity contribution in [3.63, 3.8) is 0 Å². The number of nitrogens with zero attached hydrogens (tertiary/aromatic N) is 1. The highest BCUT2D eigenvalue weighted by molar-refractivity contribution is 8.18. The van der Waals surface area contributed by atoms with Gasteiger partial charge in [-0.2, -0.15) is 0 Å². The fourth-order valence-electron chi connectivity index (χ4n) is 2.53. The molecule has 1 aliphatic rings. The first-order valence-corrected chi connectivity index (χ1v) is 9.08. The lowest BCUT2D eigenvalue weighted by molar-refractivity contribution is -0.115. The van der Waals surface area contributed by atoms with Gasteiger partial charge in [0, 0.05) is 11.6 Å². The van der Waals surface area contributed by atoms with Crippen molar-refractivity contribution in [3.8, 4) is 11.5 Å². The second-order valence-electron chi connectivity index (χ2n) is 5.90. The van der Waals surface area contributed by atoms with E-state index in [-0.39, 0.29) is 11.5 Å². The van der Waals surface area contributed by atoms with Gasteiger partial charge in [-0.1, -0.05) is 6.07 Å².